The van der Waals surface area contributed by atoms with Crippen LogP contribution in [0.3, 0.4) is 0 Å². The molecule has 0 unspecified atom stereocenters. The largest absolute Gasteiger partial charge is 0.213 e. The third-order valence-electron chi connectivity index (χ3n) is 6.15. The van der Waals surface area contributed by atoms with Crippen molar-refractivity contribution in [1.29, 1.82) is 0 Å². The van der Waals surface area contributed by atoms with E-state index < -0.39 is 0 Å². The summed E-state index contributed by atoms with van der Waals surface area (Å²) < 4.78 is 2.26. The van der Waals surface area contributed by atoms with Gasteiger partial charge in [0.1, 0.15) is 7.05 Å². The summed E-state index contributed by atoms with van der Waals surface area (Å²) in [5.41, 5.74) is 4.89. The number of nitrogens with zero attached hydrogens (tertiary/aromatic N) is 1. The van der Waals surface area contributed by atoms with E-state index in [4.69, 9.17) is 11.6 Å². The summed E-state index contributed by atoms with van der Waals surface area (Å²) in [6.45, 7) is 0. The standard InChI is InChI=1S/C28H19ClN/c1-30-25-13-7-6-12-23(25)28(24-17-20(29)14-15-26(24)30)27-21-10-4-2-8-18(21)16-19-9-3-5-11-22(19)27/h2-17H,1H3/q+1. The fourth-order valence-corrected chi connectivity index (χ4v) is 4.98. The molecule has 5 aromatic carbocycles. The molecule has 0 bridgehead atoms. The van der Waals surface area contributed by atoms with E-state index in [0.717, 1.165) is 5.02 Å². The van der Waals surface area contributed by atoms with Gasteiger partial charge in [0, 0.05) is 22.7 Å². The maximum Gasteiger partial charge on any atom is 0.213 e. The fraction of sp³-hybridized carbons (Fsp3) is 0.0357. The number of hydrogen-bond acceptors (Lipinski definition) is 0. The predicted molar refractivity (Wildman–Crippen MR) is 128 cm³/mol. The summed E-state index contributed by atoms with van der Waals surface area (Å²) in [4.78, 5) is 0. The Morgan fingerprint density at radius 1 is 0.533 bits per heavy atom. The van der Waals surface area contributed by atoms with Gasteiger partial charge >= 0.3 is 0 Å². The van der Waals surface area contributed by atoms with Crippen molar-refractivity contribution in [1.82, 2.24) is 0 Å². The molecule has 2 heteroatoms. The van der Waals surface area contributed by atoms with Gasteiger partial charge < -0.3 is 0 Å². The first kappa shape index (κ1) is 17.4. The Labute approximate surface area is 179 Å². The zero-order valence-electron chi connectivity index (χ0n) is 16.6. The molecule has 0 radical (unpaired) electrons. The molecule has 6 aromatic rings. The van der Waals surface area contributed by atoms with Gasteiger partial charge in [-0.15, -0.1) is 0 Å². The SMILES string of the molecule is C[n+]1c2ccccc2c(-c2c3ccccc3cc3ccccc23)c2cc(Cl)ccc21. The van der Waals surface area contributed by atoms with E-state index in [2.05, 4.69) is 103 Å². The molecule has 0 fully saturated rings. The Balaban J connectivity index is 1.96. The second kappa shape index (κ2) is 6.55. The number of pyridine rings is 1. The lowest BCUT2D eigenvalue weighted by Gasteiger charge is -2.16. The van der Waals surface area contributed by atoms with Crippen LogP contribution < -0.4 is 4.57 Å². The lowest BCUT2D eigenvalue weighted by Crippen LogP contribution is -2.30. The average Bonchev–Trinajstić information content (AvgIpc) is 2.78. The molecular weight excluding hydrogens is 386 g/mol. The van der Waals surface area contributed by atoms with Crippen LogP contribution >= 0.6 is 11.6 Å². The normalized spacial score (nSPS) is 11.7. The molecular formula is C28H19ClN+. The maximum absolute atomic E-state index is 6.51. The zero-order chi connectivity index (χ0) is 20.2. The minimum atomic E-state index is 0.753. The topological polar surface area (TPSA) is 3.88 Å². The molecule has 30 heavy (non-hydrogen) atoms. The maximum atomic E-state index is 6.51. The van der Waals surface area contributed by atoms with Crippen molar-refractivity contribution in [2.45, 2.75) is 0 Å². The van der Waals surface area contributed by atoms with E-state index >= 15 is 0 Å². The third-order valence-corrected chi connectivity index (χ3v) is 6.38. The van der Waals surface area contributed by atoms with Crippen molar-refractivity contribution in [2.24, 2.45) is 7.05 Å². The highest BCUT2D eigenvalue weighted by Gasteiger charge is 2.22. The van der Waals surface area contributed by atoms with E-state index in [1.807, 2.05) is 6.07 Å². The van der Waals surface area contributed by atoms with Crippen molar-refractivity contribution in [3.63, 3.8) is 0 Å². The molecule has 0 aliphatic carbocycles. The Morgan fingerprint density at radius 2 is 1.07 bits per heavy atom. The smallest absolute Gasteiger partial charge is 0.194 e. The quantitative estimate of drug-likeness (QED) is 0.198. The molecule has 0 saturated heterocycles. The molecule has 0 aliphatic rings. The Bertz CT molecular complexity index is 1560. The zero-order valence-corrected chi connectivity index (χ0v) is 17.3. The molecule has 0 atom stereocenters. The van der Waals surface area contributed by atoms with Crippen molar-refractivity contribution in [2.75, 3.05) is 0 Å². The molecule has 1 nitrogen and oxygen atoms in total. The van der Waals surface area contributed by atoms with E-state index in [-0.39, 0.29) is 0 Å². The number of aromatic nitrogens is 1. The van der Waals surface area contributed by atoms with Crippen LogP contribution in [0.2, 0.25) is 5.02 Å². The van der Waals surface area contributed by atoms with E-state index in [1.165, 1.54) is 54.5 Å². The van der Waals surface area contributed by atoms with Crippen LogP contribution in [0.4, 0.5) is 0 Å². The van der Waals surface area contributed by atoms with Crippen LogP contribution in [0.1, 0.15) is 0 Å². The molecule has 0 aliphatic heterocycles. The average molecular weight is 405 g/mol. The summed E-state index contributed by atoms with van der Waals surface area (Å²) in [6.07, 6.45) is 0. The second-order valence-corrected chi connectivity index (χ2v) is 8.24. The molecule has 0 amide bonds. The number of fused-ring (bicyclic) bond motifs is 4. The number of rotatable bonds is 1. The van der Waals surface area contributed by atoms with Gasteiger partial charge in [-0.2, -0.15) is 4.57 Å². The number of halogens is 1. The van der Waals surface area contributed by atoms with Gasteiger partial charge in [0.15, 0.2) is 0 Å². The lowest BCUT2D eigenvalue weighted by molar-refractivity contribution is -0.617. The summed E-state index contributed by atoms with van der Waals surface area (Å²) in [6, 6.07) is 34.5. The first-order valence-electron chi connectivity index (χ1n) is 10.1. The molecule has 0 N–H and O–H groups in total. The van der Waals surface area contributed by atoms with Gasteiger partial charge in [-0.25, -0.2) is 0 Å². The van der Waals surface area contributed by atoms with Crippen LogP contribution in [0.15, 0.2) is 97.1 Å². The van der Waals surface area contributed by atoms with Gasteiger partial charge in [-0.3, -0.25) is 0 Å². The van der Waals surface area contributed by atoms with Crippen molar-refractivity contribution < 1.29 is 4.57 Å². The fourth-order valence-electron chi connectivity index (χ4n) is 4.81. The Kier molecular flexibility index (Phi) is 3.81. The molecule has 1 aromatic heterocycles. The second-order valence-electron chi connectivity index (χ2n) is 7.81. The lowest BCUT2D eigenvalue weighted by atomic mass is 9.88. The van der Waals surface area contributed by atoms with Crippen LogP contribution in [-0.4, -0.2) is 0 Å². The molecule has 142 valence electrons. The van der Waals surface area contributed by atoms with Gasteiger partial charge in [0.25, 0.3) is 0 Å². The highest BCUT2D eigenvalue weighted by molar-refractivity contribution is 6.32. The van der Waals surface area contributed by atoms with Crippen LogP contribution in [0.5, 0.6) is 0 Å². The first-order chi connectivity index (χ1) is 14.7. The minimum absolute atomic E-state index is 0.753. The van der Waals surface area contributed by atoms with Crippen molar-refractivity contribution >= 4 is 55.0 Å². The van der Waals surface area contributed by atoms with Crippen molar-refractivity contribution in [3.8, 4) is 11.1 Å². The van der Waals surface area contributed by atoms with Gasteiger partial charge in [0.2, 0.25) is 11.0 Å². The third kappa shape index (κ3) is 2.46. The summed E-state index contributed by atoms with van der Waals surface area (Å²) in [7, 11) is 2.13. The summed E-state index contributed by atoms with van der Waals surface area (Å²) >= 11 is 6.51. The van der Waals surface area contributed by atoms with Gasteiger partial charge in [-0.1, -0.05) is 72.3 Å². The number of aryl methyl sites for hydroxylation is 1. The first-order valence-corrected chi connectivity index (χ1v) is 10.5. The van der Waals surface area contributed by atoms with Crippen LogP contribution in [-0.2, 0) is 7.05 Å². The highest BCUT2D eigenvalue weighted by atomic mass is 35.5. The highest BCUT2D eigenvalue weighted by Crippen LogP contribution is 2.42. The molecule has 1 heterocycles. The van der Waals surface area contributed by atoms with Crippen LogP contribution in [0.25, 0.3) is 54.5 Å². The predicted octanol–water partition coefficient (Wildman–Crippen LogP) is 7.44. The van der Waals surface area contributed by atoms with Crippen molar-refractivity contribution in [3.05, 3.63) is 102 Å². The summed E-state index contributed by atoms with van der Waals surface area (Å²) in [5, 5.41) is 8.18. The Hall–Kier alpha value is -3.42. The molecule has 0 saturated carbocycles. The van der Waals surface area contributed by atoms with Gasteiger partial charge in [0.05, 0.1) is 10.8 Å². The number of benzene rings is 5. The number of para-hydroxylation sites is 1. The van der Waals surface area contributed by atoms with E-state index in [0.29, 0.717) is 0 Å². The van der Waals surface area contributed by atoms with Gasteiger partial charge in [-0.05, 0) is 51.4 Å². The Morgan fingerprint density at radius 3 is 1.77 bits per heavy atom. The molecule has 0 spiro atoms. The van der Waals surface area contributed by atoms with E-state index in [9.17, 15) is 0 Å². The van der Waals surface area contributed by atoms with E-state index in [1.54, 1.807) is 0 Å². The number of hydrogen-bond donors (Lipinski definition) is 0. The summed E-state index contributed by atoms with van der Waals surface area (Å²) in [5.74, 6) is 0. The molecule has 6 rings (SSSR count). The monoisotopic (exact) mass is 404 g/mol. The van der Waals surface area contributed by atoms with Crippen LogP contribution in [0, 0.1) is 0 Å². The minimum Gasteiger partial charge on any atom is -0.194 e.